The number of rotatable bonds is 4. The first kappa shape index (κ1) is 19.3. The zero-order valence-electron chi connectivity index (χ0n) is 15.4. The van der Waals surface area contributed by atoms with Crippen molar-refractivity contribution in [1.82, 2.24) is 9.97 Å². The summed E-state index contributed by atoms with van der Waals surface area (Å²) < 4.78 is 28.5. The first-order valence-corrected chi connectivity index (χ1v) is 10.2. The SMILES string of the molecule is N#C/C(=C\c1ccc(-c2ccc(S(N)(=O)=O)cc2)o1)c1nc2ccccc2c(=O)[nH]1. The number of sulfonamides is 1. The maximum atomic E-state index is 12.3. The second-order valence-electron chi connectivity index (χ2n) is 6.37. The Balaban J connectivity index is 1.69. The third-order valence-corrected chi connectivity index (χ3v) is 5.30. The van der Waals surface area contributed by atoms with Crippen molar-refractivity contribution in [2.75, 3.05) is 0 Å². The summed E-state index contributed by atoms with van der Waals surface area (Å²) in [5, 5.41) is 15.1. The van der Waals surface area contributed by atoms with E-state index in [4.69, 9.17) is 9.56 Å². The lowest BCUT2D eigenvalue weighted by Gasteiger charge is -2.01. The lowest BCUT2D eigenvalue weighted by Crippen LogP contribution is -2.11. The van der Waals surface area contributed by atoms with Crippen LogP contribution in [0.1, 0.15) is 11.6 Å². The van der Waals surface area contributed by atoms with Gasteiger partial charge in [0.15, 0.2) is 5.82 Å². The molecule has 0 bridgehead atoms. The van der Waals surface area contributed by atoms with E-state index in [-0.39, 0.29) is 21.9 Å². The molecular weight excluding hydrogens is 404 g/mol. The van der Waals surface area contributed by atoms with Crippen molar-refractivity contribution < 1.29 is 12.8 Å². The summed E-state index contributed by atoms with van der Waals surface area (Å²) in [4.78, 5) is 19.2. The minimum Gasteiger partial charge on any atom is -0.457 e. The van der Waals surface area contributed by atoms with Gasteiger partial charge in [0.2, 0.25) is 10.0 Å². The van der Waals surface area contributed by atoms with Gasteiger partial charge >= 0.3 is 0 Å². The van der Waals surface area contributed by atoms with E-state index < -0.39 is 10.0 Å². The second-order valence-corrected chi connectivity index (χ2v) is 7.93. The van der Waals surface area contributed by atoms with Gasteiger partial charge in [0.05, 0.1) is 21.4 Å². The molecule has 0 atom stereocenters. The summed E-state index contributed by atoms with van der Waals surface area (Å²) in [5.74, 6) is 0.976. The molecule has 0 fully saturated rings. The van der Waals surface area contributed by atoms with Gasteiger partial charge < -0.3 is 9.40 Å². The summed E-state index contributed by atoms with van der Waals surface area (Å²) >= 11 is 0. The molecule has 8 nitrogen and oxygen atoms in total. The molecule has 2 heterocycles. The van der Waals surface area contributed by atoms with E-state index in [0.717, 1.165) is 0 Å². The Morgan fingerprint density at radius 3 is 2.53 bits per heavy atom. The lowest BCUT2D eigenvalue weighted by molar-refractivity contribution is 0.571. The van der Waals surface area contributed by atoms with Gasteiger partial charge in [0.25, 0.3) is 5.56 Å². The fourth-order valence-electron chi connectivity index (χ4n) is 2.90. The van der Waals surface area contributed by atoms with Crippen LogP contribution in [0.25, 0.3) is 33.9 Å². The number of hydrogen-bond acceptors (Lipinski definition) is 6. The highest BCUT2D eigenvalue weighted by atomic mass is 32.2. The average Bonchev–Trinajstić information content (AvgIpc) is 3.20. The number of primary sulfonamides is 1. The van der Waals surface area contributed by atoms with Gasteiger partial charge in [0, 0.05) is 11.6 Å². The van der Waals surface area contributed by atoms with E-state index in [9.17, 15) is 18.5 Å². The molecule has 148 valence electrons. The summed E-state index contributed by atoms with van der Waals surface area (Å²) in [7, 11) is -3.78. The predicted molar refractivity (Wildman–Crippen MR) is 111 cm³/mol. The van der Waals surface area contributed by atoms with Gasteiger partial charge in [0.1, 0.15) is 17.6 Å². The van der Waals surface area contributed by atoms with E-state index >= 15 is 0 Å². The van der Waals surface area contributed by atoms with E-state index in [2.05, 4.69) is 9.97 Å². The number of nitrogens with one attached hydrogen (secondary N) is 1. The molecule has 0 radical (unpaired) electrons. The molecule has 9 heteroatoms. The number of para-hydroxylation sites is 1. The van der Waals surface area contributed by atoms with Crippen LogP contribution in [0.4, 0.5) is 0 Å². The molecule has 2 aromatic carbocycles. The zero-order valence-corrected chi connectivity index (χ0v) is 16.2. The van der Waals surface area contributed by atoms with Gasteiger partial charge in [-0.15, -0.1) is 0 Å². The molecule has 0 aliphatic heterocycles. The van der Waals surface area contributed by atoms with E-state index in [1.54, 1.807) is 48.5 Å². The number of aromatic nitrogens is 2. The van der Waals surface area contributed by atoms with E-state index in [1.165, 1.54) is 18.2 Å². The number of furan rings is 1. The number of benzene rings is 2. The molecule has 4 rings (SSSR count). The smallest absolute Gasteiger partial charge is 0.259 e. The third-order valence-electron chi connectivity index (χ3n) is 4.37. The topological polar surface area (TPSA) is 143 Å². The summed E-state index contributed by atoms with van der Waals surface area (Å²) in [5.41, 5.74) is 0.903. The first-order valence-electron chi connectivity index (χ1n) is 8.69. The zero-order chi connectivity index (χ0) is 21.3. The number of hydrogen-bond donors (Lipinski definition) is 2. The normalized spacial score (nSPS) is 12.1. The Morgan fingerprint density at radius 1 is 1.10 bits per heavy atom. The maximum absolute atomic E-state index is 12.3. The molecule has 0 saturated heterocycles. The number of nitriles is 1. The Kier molecular flexibility index (Phi) is 4.79. The molecule has 0 aliphatic carbocycles. The third kappa shape index (κ3) is 3.77. The molecular formula is C21H14N4O4S. The number of nitrogens with two attached hydrogens (primary N) is 1. The minimum absolute atomic E-state index is 0.00368. The fourth-order valence-corrected chi connectivity index (χ4v) is 3.42. The molecule has 0 saturated carbocycles. The molecule has 3 N–H and O–H groups in total. The molecule has 4 aromatic rings. The van der Waals surface area contributed by atoms with E-state index in [1.807, 2.05) is 6.07 Å². The van der Waals surface area contributed by atoms with Crippen molar-refractivity contribution in [3.63, 3.8) is 0 Å². The van der Waals surface area contributed by atoms with Crippen molar-refractivity contribution >= 4 is 32.6 Å². The Bertz CT molecular complexity index is 1490. The number of aromatic amines is 1. The van der Waals surface area contributed by atoms with Crippen LogP contribution in [0, 0.1) is 11.3 Å². The summed E-state index contributed by atoms with van der Waals surface area (Å²) in [6, 6.07) is 18.1. The van der Waals surface area contributed by atoms with Gasteiger partial charge in [-0.2, -0.15) is 5.26 Å². The predicted octanol–water partition coefficient (Wildman–Crippen LogP) is 2.89. The monoisotopic (exact) mass is 418 g/mol. The molecule has 0 aliphatic rings. The standard InChI is InChI=1S/C21H14N4O4S/c22-12-14(20-24-18-4-2-1-3-17(18)21(26)25-20)11-15-7-10-19(29-15)13-5-8-16(9-6-13)30(23,27)28/h1-11H,(H2,23,27,28)(H,24,25,26)/b14-11+. The van der Waals surface area contributed by atoms with Gasteiger partial charge in [-0.05, 0) is 48.5 Å². The summed E-state index contributed by atoms with van der Waals surface area (Å²) in [6.45, 7) is 0. The largest absolute Gasteiger partial charge is 0.457 e. The minimum atomic E-state index is -3.78. The van der Waals surface area contributed by atoms with Gasteiger partial charge in [-0.25, -0.2) is 18.5 Å². The molecule has 0 amide bonds. The molecule has 0 spiro atoms. The molecule has 0 unspecified atom stereocenters. The lowest BCUT2D eigenvalue weighted by atomic mass is 10.2. The van der Waals surface area contributed by atoms with Crippen LogP contribution in [-0.2, 0) is 10.0 Å². The average molecular weight is 418 g/mol. The van der Waals surface area contributed by atoms with Crippen LogP contribution in [0.5, 0.6) is 0 Å². The highest BCUT2D eigenvalue weighted by molar-refractivity contribution is 7.89. The number of allylic oxidation sites excluding steroid dienone is 1. The fraction of sp³-hybridized carbons (Fsp3) is 0. The number of H-pyrrole nitrogens is 1. The molecule has 30 heavy (non-hydrogen) atoms. The van der Waals surface area contributed by atoms with Crippen LogP contribution in [0.2, 0.25) is 0 Å². The van der Waals surface area contributed by atoms with Crippen LogP contribution >= 0.6 is 0 Å². The van der Waals surface area contributed by atoms with Gasteiger partial charge in [-0.3, -0.25) is 4.79 Å². The van der Waals surface area contributed by atoms with Gasteiger partial charge in [-0.1, -0.05) is 12.1 Å². The maximum Gasteiger partial charge on any atom is 0.259 e. The Hall–Kier alpha value is -4.00. The van der Waals surface area contributed by atoms with Crippen molar-refractivity contribution in [2.24, 2.45) is 5.14 Å². The van der Waals surface area contributed by atoms with Crippen LogP contribution in [-0.4, -0.2) is 18.4 Å². The van der Waals surface area contributed by atoms with E-state index in [0.29, 0.717) is 28.0 Å². The van der Waals surface area contributed by atoms with Crippen molar-refractivity contribution in [1.29, 1.82) is 5.26 Å². The molecule has 2 aromatic heterocycles. The van der Waals surface area contributed by atoms with Crippen molar-refractivity contribution in [3.05, 3.63) is 82.6 Å². The highest BCUT2D eigenvalue weighted by Gasteiger charge is 2.11. The summed E-state index contributed by atoms with van der Waals surface area (Å²) in [6.07, 6.45) is 1.47. The number of fused-ring (bicyclic) bond motifs is 1. The highest BCUT2D eigenvalue weighted by Crippen LogP contribution is 2.25. The van der Waals surface area contributed by atoms with Crippen LogP contribution < -0.4 is 10.7 Å². The Labute approximate surface area is 171 Å². The van der Waals surface area contributed by atoms with Crippen molar-refractivity contribution in [2.45, 2.75) is 4.90 Å². The second kappa shape index (κ2) is 7.44. The first-order chi connectivity index (χ1) is 14.3. The Morgan fingerprint density at radius 2 is 1.83 bits per heavy atom. The van der Waals surface area contributed by atoms with Crippen LogP contribution in [0.15, 0.2) is 74.8 Å². The quantitative estimate of drug-likeness (QED) is 0.488. The van der Waals surface area contributed by atoms with Crippen LogP contribution in [0.3, 0.4) is 0 Å². The van der Waals surface area contributed by atoms with Crippen molar-refractivity contribution in [3.8, 4) is 17.4 Å². The number of nitrogens with zero attached hydrogens (tertiary/aromatic N) is 2.